The van der Waals surface area contributed by atoms with Gasteiger partial charge < -0.3 is 14.2 Å². The Kier molecular flexibility index (Phi) is 3.62. The van der Waals surface area contributed by atoms with Gasteiger partial charge in [-0.2, -0.15) is 0 Å². The van der Waals surface area contributed by atoms with E-state index in [9.17, 15) is 4.79 Å². The van der Waals surface area contributed by atoms with Gasteiger partial charge >= 0.3 is 0 Å². The summed E-state index contributed by atoms with van der Waals surface area (Å²) in [6.07, 6.45) is 7.42. The Morgan fingerprint density at radius 1 is 1.31 bits per heavy atom. The monoisotopic (exact) mass is 350 g/mol. The van der Waals surface area contributed by atoms with E-state index in [4.69, 9.17) is 9.26 Å². The standard InChI is InChI=1S/C21H22N2O3/c1-25-16-4-2-3-15(11-16)20-18-12-23(8-7-19(18)26-22-20)21(24)17-10-13-5-6-14(17)9-13/h2-6,11,13-14,17H,7-10,12H2,1H3/t13-,14+,17+/m0/s1. The molecule has 3 atom stereocenters. The molecule has 1 aliphatic heterocycles. The largest absolute Gasteiger partial charge is 0.497 e. The summed E-state index contributed by atoms with van der Waals surface area (Å²) in [5.74, 6) is 3.19. The normalized spacial score (nSPS) is 26.2. The molecule has 5 rings (SSSR count). The lowest BCUT2D eigenvalue weighted by Gasteiger charge is -2.30. The van der Waals surface area contributed by atoms with Gasteiger partial charge in [-0.1, -0.05) is 29.4 Å². The molecule has 26 heavy (non-hydrogen) atoms. The zero-order valence-electron chi connectivity index (χ0n) is 14.9. The quantitative estimate of drug-likeness (QED) is 0.796. The second kappa shape index (κ2) is 6.01. The molecule has 1 amide bonds. The van der Waals surface area contributed by atoms with E-state index in [0.29, 0.717) is 24.3 Å². The van der Waals surface area contributed by atoms with E-state index < -0.39 is 0 Å². The summed E-state index contributed by atoms with van der Waals surface area (Å²) >= 11 is 0. The van der Waals surface area contributed by atoms with Gasteiger partial charge in [-0.05, 0) is 36.8 Å². The summed E-state index contributed by atoms with van der Waals surface area (Å²) < 4.78 is 10.9. The number of fused-ring (bicyclic) bond motifs is 3. The molecule has 2 aliphatic carbocycles. The van der Waals surface area contributed by atoms with Gasteiger partial charge in [-0.3, -0.25) is 4.79 Å². The van der Waals surface area contributed by atoms with Gasteiger partial charge in [0, 0.05) is 30.0 Å². The molecule has 0 N–H and O–H groups in total. The van der Waals surface area contributed by atoms with E-state index in [1.54, 1.807) is 7.11 Å². The minimum atomic E-state index is 0.159. The lowest BCUT2D eigenvalue weighted by atomic mass is 9.91. The van der Waals surface area contributed by atoms with Crippen LogP contribution in [0.4, 0.5) is 0 Å². The summed E-state index contributed by atoms with van der Waals surface area (Å²) in [4.78, 5) is 15.1. The Morgan fingerprint density at radius 3 is 3.00 bits per heavy atom. The van der Waals surface area contributed by atoms with E-state index in [-0.39, 0.29) is 5.92 Å². The molecule has 3 aliphatic rings. The number of carbonyl (C=O) groups is 1. The maximum absolute atomic E-state index is 13.1. The summed E-state index contributed by atoms with van der Waals surface area (Å²) in [6, 6.07) is 7.82. The van der Waals surface area contributed by atoms with Gasteiger partial charge in [0.25, 0.3) is 0 Å². The predicted molar refractivity (Wildman–Crippen MR) is 96.5 cm³/mol. The van der Waals surface area contributed by atoms with Crippen LogP contribution in [0.5, 0.6) is 5.75 Å². The number of nitrogens with zero attached hydrogens (tertiary/aromatic N) is 2. The molecule has 5 heteroatoms. The maximum Gasteiger partial charge on any atom is 0.226 e. The van der Waals surface area contributed by atoms with E-state index in [2.05, 4.69) is 17.3 Å². The first-order chi connectivity index (χ1) is 12.7. The summed E-state index contributed by atoms with van der Waals surface area (Å²) in [7, 11) is 1.65. The Labute approximate surface area is 152 Å². The number of hydrogen-bond donors (Lipinski definition) is 0. The van der Waals surface area contributed by atoms with Crippen molar-refractivity contribution >= 4 is 5.91 Å². The highest BCUT2D eigenvalue weighted by atomic mass is 16.5. The van der Waals surface area contributed by atoms with Crippen molar-refractivity contribution in [3.63, 3.8) is 0 Å². The highest BCUT2D eigenvalue weighted by molar-refractivity contribution is 5.81. The van der Waals surface area contributed by atoms with Crippen LogP contribution in [0, 0.1) is 17.8 Å². The number of allylic oxidation sites excluding steroid dienone is 2. The van der Waals surface area contributed by atoms with E-state index in [1.807, 2.05) is 29.2 Å². The summed E-state index contributed by atoms with van der Waals surface area (Å²) in [5, 5.41) is 4.29. The van der Waals surface area contributed by atoms with Crippen LogP contribution >= 0.6 is 0 Å². The molecule has 1 saturated carbocycles. The van der Waals surface area contributed by atoms with E-state index in [0.717, 1.165) is 54.1 Å². The molecule has 0 radical (unpaired) electrons. The third-order valence-electron chi connectivity index (χ3n) is 6.08. The van der Waals surface area contributed by atoms with Gasteiger partial charge in [-0.25, -0.2) is 0 Å². The highest BCUT2D eigenvalue weighted by Gasteiger charge is 2.42. The van der Waals surface area contributed by atoms with Gasteiger partial charge in [0.1, 0.15) is 17.2 Å². The minimum absolute atomic E-state index is 0.159. The molecule has 0 saturated heterocycles. The number of benzene rings is 1. The van der Waals surface area contributed by atoms with Crippen molar-refractivity contribution in [1.82, 2.24) is 10.1 Å². The van der Waals surface area contributed by atoms with Crippen LogP contribution in [-0.4, -0.2) is 29.6 Å². The number of methoxy groups -OCH3 is 1. The smallest absolute Gasteiger partial charge is 0.226 e. The fourth-order valence-corrected chi connectivity index (χ4v) is 4.69. The average molecular weight is 350 g/mol. The molecule has 134 valence electrons. The van der Waals surface area contributed by atoms with Crippen LogP contribution in [0.1, 0.15) is 24.2 Å². The van der Waals surface area contributed by atoms with Crippen molar-refractivity contribution in [3.8, 4) is 17.0 Å². The number of rotatable bonds is 3. The molecule has 2 heterocycles. The van der Waals surface area contributed by atoms with Crippen LogP contribution in [0.3, 0.4) is 0 Å². The molecule has 2 aromatic rings. The Bertz CT molecular complexity index is 885. The molecule has 2 bridgehead atoms. The molecule has 0 spiro atoms. The minimum Gasteiger partial charge on any atom is -0.497 e. The van der Waals surface area contributed by atoms with Crippen molar-refractivity contribution < 1.29 is 14.1 Å². The number of amides is 1. The SMILES string of the molecule is COc1cccc(-c2noc3c2CN(C(=O)[C@@H]2C[C@H]4C=C[C@@H]2C4)CC3)c1. The Morgan fingerprint density at radius 2 is 2.23 bits per heavy atom. The zero-order valence-corrected chi connectivity index (χ0v) is 14.9. The molecule has 1 aromatic heterocycles. The van der Waals surface area contributed by atoms with Crippen LogP contribution in [0.15, 0.2) is 40.9 Å². The van der Waals surface area contributed by atoms with Crippen LogP contribution < -0.4 is 4.74 Å². The number of hydrogen-bond acceptors (Lipinski definition) is 4. The molecule has 1 aromatic carbocycles. The topological polar surface area (TPSA) is 55.6 Å². The number of aromatic nitrogens is 1. The van der Waals surface area contributed by atoms with Gasteiger partial charge in [-0.15, -0.1) is 0 Å². The van der Waals surface area contributed by atoms with Crippen molar-refractivity contribution in [1.29, 1.82) is 0 Å². The lowest BCUT2D eigenvalue weighted by molar-refractivity contribution is -0.137. The van der Waals surface area contributed by atoms with Crippen LogP contribution in [0.25, 0.3) is 11.3 Å². The highest BCUT2D eigenvalue weighted by Crippen LogP contribution is 2.44. The van der Waals surface area contributed by atoms with Crippen molar-refractivity contribution in [2.24, 2.45) is 17.8 Å². The van der Waals surface area contributed by atoms with Gasteiger partial charge in [0.2, 0.25) is 5.91 Å². The van der Waals surface area contributed by atoms with Gasteiger partial charge in [0.05, 0.1) is 13.7 Å². The first kappa shape index (κ1) is 15.7. The number of carbonyl (C=O) groups excluding carboxylic acids is 1. The van der Waals surface area contributed by atoms with Crippen LogP contribution in [-0.2, 0) is 17.8 Å². The Balaban J connectivity index is 1.41. The fourth-order valence-electron chi connectivity index (χ4n) is 4.69. The van der Waals surface area contributed by atoms with Crippen molar-refractivity contribution in [3.05, 3.63) is 47.7 Å². The first-order valence-electron chi connectivity index (χ1n) is 9.32. The third kappa shape index (κ3) is 2.45. The average Bonchev–Trinajstić information content (AvgIpc) is 3.42. The maximum atomic E-state index is 13.1. The van der Waals surface area contributed by atoms with Crippen molar-refractivity contribution in [2.45, 2.75) is 25.8 Å². The predicted octanol–water partition coefficient (Wildman–Crippen LogP) is 3.45. The van der Waals surface area contributed by atoms with E-state index >= 15 is 0 Å². The second-order valence-electron chi connectivity index (χ2n) is 7.56. The Hall–Kier alpha value is -2.56. The number of ether oxygens (including phenoxy) is 1. The summed E-state index contributed by atoms with van der Waals surface area (Å²) in [6.45, 7) is 1.30. The van der Waals surface area contributed by atoms with E-state index in [1.165, 1.54) is 0 Å². The molecule has 5 nitrogen and oxygen atoms in total. The first-order valence-corrected chi connectivity index (χ1v) is 9.32. The third-order valence-corrected chi connectivity index (χ3v) is 6.08. The van der Waals surface area contributed by atoms with Crippen LogP contribution in [0.2, 0.25) is 0 Å². The molecular weight excluding hydrogens is 328 g/mol. The molecule has 0 unspecified atom stereocenters. The lowest BCUT2D eigenvalue weighted by Crippen LogP contribution is -2.40. The molecule has 1 fully saturated rings. The zero-order chi connectivity index (χ0) is 17.7. The molecular formula is C21H22N2O3. The fraction of sp³-hybridized carbons (Fsp3) is 0.429. The summed E-state index contributed by atoms with van der Waals surface area (Å²) in [5.41, 5.74) is 2.83. The van der Waals surface area contributed by atoms with Gasteiger partial charge in [0.15, 0.2) is 0 Å². The second-order valence-corrected chi connectivity index (χ2v) is 7.56. The van der Waals surface area contributed by atoms with Crippen molar-refractivity contribution in [2.75, 3.05) is 13.7 Å².